The summed E-state index contributed by atoms with van der Waals surface area (Å²) in [5, 5.41) is 22.4. The summed E-state index contributed by atoms with van der Waals surface area (Å²) in [5.74, 6) is 1.28. The fourth-order valence-corrected chi connectivity index (χ4v) is 4.56. The van der Waals surface area contributed by atoms with Crippen LogP contribution >= 0.6 is 23.2 Å². The number of hydrogen-bond acceptors (Lipinski definition) is 2. The normalized spacial score (nSPS) is 29.3. The Bertz CT molecular complexity index is 867. The highest BCUT2D eigenvalue weighted by atomic mass is 35.5. The molecule has 2 bridgehead atoms. The molecule has 0 spiro atoms. The molecule has 3 nitrogen and oxygen atoms in total. The van der Waals surface area contributed by atoms with E-state index in [0.29, 0.717) is 27.6 Å². The first-order valence-electron chi connectivity index (χ1n) is 7.56. The van der Waals surface area contributed by atoms with Gasteiger partial charge >= 0.3 is 0 Å². The lowest BCUT2D eigenvalue weighted by atomic mass is 9.56. The van der Waals surface area contributed by atoms with Gasteiger partial charge in [0.05, 0.1) is 15.7 Å². The standard InChI is InChI=1S/C18H13Cl2NO2/c19-13-6-1-8(7-14(13)20)21-17(22)15-11-4-5-12(16(15)18(21)23)10-3-2-9(10)11/h1-7,9-12,22-23H/t9-,10+,11?,12?. The SMILES string of the molecule is Oc1c2c(c(O)n1-c1ccc(Cl)c(Cl)c1)C1C=CC2[C@H]2C=C[C@@H]12. The van der Waals surface area contributed by atoms with Gasteiger partial charge in [-0.15, -0.1) is 0 Å². The minimum absolute atomic E-state index is 0.0917. The Balaban J connectivity index is 1.75. The maximum Gasteiger partial charge on any atom is 0.202 e. The van der Waals surface area contributed by atoms with Crippen LogP contribution in [0.3, 0.4) is 0 Å². The monoisotopic (exact) mass is 345 g/mol. The average molecular weight is 346 g/mol. The molecule has 116 valence electrons. The van der Waals surface area contributed by atoms with Crippen molar-refractivity contribution in [2.75, 3.05) is 0 Å². The Kier molecular flexibility index (Phi) is 2.58. The quantitative estimate of drug-likeness (QED) is 0.732. The average Bonchev–Trinajstić information content (AvgIpc) is 2.75. The van der Waals surface area contributed by atoms with Gasteiger partial charge in [0.15, 0.2) is 0 Å². The van der Waals surface area contributed by atoms with Crippen molar-refractivity contribution < 1.29 is 10.2 Å². The van der Waals surface area contributed by atoms with Crippen LogP contribution < -0.4 is 0 Å². The van der Waals surface area contributed by atoms with E-state index in [9.17, 15) is 10.2 Å². The Morgan fingerprint density at radius 3 is 1.83 bits per heavy atom. The molecule has 1 aromatic heterocycles. The molecule has 0 amide bonds. The minimum atomic E-state index is 0.0917. The molecule has 0 saturated heterocycles. The molecule has 0 aliphatic heterocycles. The number of aromatic hydroxyl groups is 2. The molecule has 4 atom stereocenters. The fourth-order valence-electron chi connectivity index (χ4n) is 4.27. The van der Waals surface area contributed by atoms with E-state index in [0.717, 1.165) is 11.1 Å². The molecule has 2 N–H and O–H groups in total. The van der Waals surface area contributed by atoms with Crippen molar-refractivity contribution in [3.8, 4) is 17.4 Å². The number of hydrogen-bond donors (Lipinski definition) is 2. The Labute approximate surface area is 143 Å². The number of nitrogens with zero attached hydrogens (tertiary/aromatic N) is 1. The summed E-state index contributed by atoms with van der Waals surface area (Å²) in [6, 6.07) is 5.05. The van der Waals surface area contributed by atoms with E-state index in [1.165, 1.54) is 4.57 Å². The maximum atomic E-state index is 10.8. The molecule has 4 aliphatic carbocycles. The lowest BCUT2D eigenvalue weighted by molar-refractivity contribution is 0.306. The fraction of sp³-hybridized carbons (Fsp3) is 0.222. The van der Waals surface area contributed by atoms with E-state index in [1.54, 1.807) is 18.2 Å². The van der Waals surface area contributed by atoms with Gasteiger partial charge in [0.2, 0.25) is 11.8 Å². The van der Waals surface area contributed by atoms with Crippen molar-refractivity contribution >= 4 is 23.2 Å². The molecular formula is C18H13Cl2NO2. The van der Waals surface area contributed by atoms with Crippen molar-refractivity contribution in [1.29, 1.82) is 0 Å². The van der Waals surface area contributed by atoms with Crippen LogP contribution in [0, 0.1) is 11.8 Å². The number of benzene rings is 1. The third-order valence-electron chi connectivity index (χ3n) is 5.38. The molecule has 0 radical (unpaired) electrons. The predicted octanol–water partition coefficient (Wildman–Crippen LogP) is 4.75. The molecular weight excluding hydrogens is 333 g/mol. The van der Waals surface area contributed by atoms with E-state index in [-0.39, 0.29) is 23.6 Å². The van der Waals surface area contributed by atoms with Crippen LogP contribution in [0.1, 0.15) is 23.0 Å². The zero-order valence-corrected chi connectivity index (χ0v) is 13.5. The first-order valence-corrected chi connectivity index (χ1v) is 8.32. The smallest absolute Gasteiger partial charge is 0.202 e. The molecule has 2 unspecified atom stereocenters. The van der Waals surface area contributed by atoms with Crippen molar-refractivity contribution in [3.05, 3.63) is 63.7 Å². The summed E-state index contributed by atoms with van der Waals surface area (Å²) in [6.45, 7) is 0. The van der Waals surface area contributed by atoms with E-state index in [1.807, 2.05) is 0 Å². The molecule has 0 saturated carbocycles. The van der Waals surface area contributed by atoms with Crippen molar-refractivity contribution in [2.45, 2.75) is 11.8 Å². The largest absolute Gasteiger partial charge is 0.494 e. The van der Waals surface area contributed by atoms with Gasteiger partial charge in [-0.1, -0.05) is 47.5 Å². The summed E-state index contributed by atoms with van der Waals surface area (Å²) in [6.07, 6.45) is 8.69. The number of halogens is 2. The molecule has 4 aliphatic rings. The van der Waals surface area contributed by atoms with Gasteiger partial charge in [-0.2, -0.15) is 0 Å². The number of rotatable bonds is 1. The van der Waals surface area contributed by atoms with Gasteiger partial charge in [0.25, 0.3) is 0 Å². The predicted molar refractivity (Wildman–Crippen MR) is 89.9 cm³/mol. The second-order valence-electron chi connectivity index (χ2n) is 6.38. The highest BCUT2D eigenvalue weighted by molar-refractivity contribution is 6.42. The Hall–Kier alpha value is -1.84. The molecule has 1 heterocycles. The van der Waals surface area contributed by atoms with Crippen LogP contribution in [0.5, 0.6) is 11.8 Å². The summed E-state index contributed by atoms with van der Waals surface area (Å²) in [4.78, 5) is 0. The van der Waals surface area contributed by atoms with Crippen molar-refractivity contribution in [2.24, 2.45) is 11.8 Å². The van der Waals surface area contributed by atoms with Crippen molar-refractivity contribution in [1.82, 2.24) is 4.57 Å². The molecule has 23 heavy (non-hydrogen) atoms. The van der Waals surface area contributed by atoms with E-state index in [2.05, 4.69) is 24.3 Å². The highest BCUT2D eigenvalue weighted by Gasteiger charge is 2.49. The van der Waals surface area contributed by atoms with Gasteiger partial charge in [-0.3, -0.25) is 4.57 Å². The van der Waals surface area contributed by atoms with Crippen LogP contribution in [-0.4, -0.2) is 14.8 Å². The third kappa shape index (κ3) is 1.57. The topological polar surface area (TPSA) is 45.4 Å². The highest BCUT2D eigenvalue weighted by Crippen LogP contribution is 2.62. The van der Waals surface area contributed by atoms with Crippen LogP contribution in [0.25, 0.3) is 5.69 Å². The maximum absolute atomic E-state index is 10.8. The second kappa shape index (κ2) is 4.37. The van der Waals surface area contributed by atoms with Crippen LogP contribution in [0.2, 0.25) is 10.0 Å². The second-order valence-corrected chi connectivity index (χ2v) is 7.20. The van der Waals surface area contributed by atoms with Crippen LogP contribution in [0.15, 0.2) is 42.5 Å². The zero-order chi connectivity index (χ0) is 15.9. The summed E-state index contributed by atoms with van der Waals surface area (Å²) >= 11 is 12.1. The summed E-state index contributed by atoms with van der Waals surface area (Å²) in [7, 11) is 0. The van der Waals surface area contributed by atoms with Gasteiger partial charge in [-0.25, -0.2) is 0 Å². The van der Waals surface area contributed by atoms with Gasteiger partial charge in [-0.05, 0) is 30.0 Å². The van der Waals surface area contributed by atoms with E-state index in [4.69, 9.17) is 23.2 Å². The third-order valence-corrected chi connectivity index (χ3v) is 6.12. The first kappa shape index (κ1) is 13.6. The number of aromatic nitrogens is 1. The molecule has 0 fully saturated rings. The van der Waals surface area contributed by atoms with Gasteiger partial charge in [0.1, 0.15) is 0 Å². The first-order chi connectivity index (χ1) is 11.1. The summed E-state index contributed by atoms with van der Waals surface area (Å²) < 4.78 is 1.46. The Morgan fingerprint density at radius 1 is 0.783 bits per heavy atom. The zero-order valence-electron chi connectivity index (χ0n) is 11.9. The van der Waals surface area contributed by atoms with Crippen LogP contribution in [-0.2, 0) is 0 Å². The number of allylic oxidation sites excluding steroid dienone is 4. The van der Waals surface area contributed by atoms with Gasteiger partial charge < -0.3 is 10.2 Å². The molecule has 6 rings (SSSR count). The molecule has 5 heteroatoms. The van der Waals surface area contributed by atoms with E-state index >= 15 is 0 Å². The molecule has 1 aromatic carbocycles. The Morgan fingerprint density at radius 2 is 1.35 bits per heavy atom. The van der Waals surface area contributed by atoms with E-state index < -0.39 is 0 Å². The van der Waals surface area contributed by atoms with Gasteiger partial charge in [0, 0.05) is 23.0 Å². The van der Waals surface area contributed by atoms with Crippen molar-refractivity contribution in [3.63, 3.8) is 0 Å². The lowest BCUT2D eigenvalue weighted by Crippen LogP contribution is -2.36. The molecule has 2 aromatic rings. The minimum Gasteiger partial charge on any atom is -0.494 e. The lowest BCUT2D eigenvalue weighted by Gasteiger charge is -2.47. The summed E-state index contributed by atoms with van der Waals surface area (Å²) in [5.41, 5.74) is 2.28. The van der Waals surface area contributed by atoms with Crippen LogP contribution in [0.4, 0.5) is 0 Å².